The van der Waals surface area contributed by atoms with Crippen molar-refractivity contribution in [2.24, 2.45) is 0 Å². The van der Waals surface area contributed by atoms with Gasteiger partial charge in [0.1, 0.15) is 6.10 Å². The van der Waals surface area contributed by atoms with Gasteiger partial charge in [0.05, 0.1) is 19.6 Å². The number of anilines is 1. The molecule has 8 nitrogen and oxygen atoms in total. The Morgan fingerprint density at radius 2 is 2.11 bits per heavy atom. The molecule has 1 aliphatic rings. The Labute approximate surface area is 165 Å². The molecule has 0 fully saturated rings. The van der Waals surface area contributed by atoms with Crippen molar-refractivity contribution in [3.63, 3.8) is 0 Å². The quantitative estimate of drug-likeness (QED) is 0.661. The highest BCUT2D eigenvalue weighted by atomic mass is 16.5. The Morgan fingerprint density at radius 3 is 2.82 bits per heavy atom. The number of nitrogens with zero attached hydrogens (tertiary/aromatic N) is 4. The van der Waals surface area contributed by atoms with Crippen LogP contribution in [0, 0.1) is 0 Å². The first kappa shape index (κ1) is 20.1. The van der Waals surface area contributed by atoms with E-state index in [1.54, 1.807) is 4.57 Å². The Balaban J connectivity index is 1.47. The van der Waals surface area contributed by atoms with Crippen LogP contribution in [0.4, 0.5) is 5.69 Å². The SMILES string of the molecule is CCN(CCCNC(=O)CC1OCCn2c1nn(CC)c2=O)c1ccccc1. The molecule has 2 heterocycles. The maximum absolute atomic E-state index is 12.3. The molecule has 1 N–H and O–H groups in total. The predicted octanol–water partition coefficient (Wildman–Crippen LogP) is 1.56. The smallest absolute Gasteiger partial charge is 0.346 e. The largest absolute Gasteiger partial charge is 0.372 e. The van der Waals surface area contributed by atoms with E-state index in [9.17, 15) is 9.59 Å². The molecule has 0 bridgehead atoms. The number of para-hydroxylation sites is 1. The van der Waals surface area contributed by atoms with Gasteiger partial charge < -0.3 is 15.0 Å². The van der Waals surface area contributed by atoms with E-state index < -0.39 is 6.10 Å². The van der Waals surface area contributed by atoms with Crippen molar-refractivity contribution in [2.45, 2.75) is 45.9 Å². The van der Waals surface area contributed by atoms with Gasteiger partial charge in [0, 0.05) is 31.9 Å². The number of amides is 1. The third kappa shape index (κ3) is 4.62. The van der Waals surface area contributed by atoms with E-state index in [0.717, 1.165) is 19.5 Å². The first-order valence-electron chi connectivity index (χ1n) is 9.99. The van der Waals surface area contributed by atoms with Crippen molar-refractivity contribution in [3.05, 3.63) is 46.6 Å². The van der Waals surface area contributed by atoms with Gasteiger partial charge in [0.25, 0.3) is 0 Å². The Kier molecular flexibility index (Phi) is 6.86. The van der Waals surface area contributed by atoms with Gasteiger partial charge in [0.15, 0.2) is 5.82 Å². The topological polar surface area (TPSA) is 81.4 Å². The van der Waals surface area contributed by atoms with Crippen LogP contribution in [-0.4, -0.2) is 46.5 Å². The summed E-state index contributed by atoms with van der Waals surface area (Å²) in [5.41, 5.74) is 1.06. The van der Waals surface area contributed by atoms with Gasteiger partial charge in [-0.1, -0.05) is 18.2 Å². The van der Waals surface area contributed by atoms with E-state index in [1.165, 1.54) is 10.4 Å². The van der Waals surface area contributed by atoms with Crippen LogP contribution in [-0.2, 0) is 22.6 Å². The molecule has 1 atom stereocenters. The number of carbonyl (C=O) groups excluding carboxylic acids is 1. The highest BCUT2D eigenvalue weighted by Crippen LogP contribution is 2.22. The zero-order valence-corrected chi connectivity index (χ0v) is 16.6. The van der Waals surface area contributed by atoms with E-state index in [4.69, 9.17) is 4.74 Å². The van der Waals surface area contributed by atoms with Crippen LogP contribution in [0.2, 0.25) is 0 Å². The van der Waals surface area contributed by atoms with Crippen LogP contribution in [0.5, 0.6) is 0 Å². The summed E-state index contributed by atoms with van der Waals surface area (Å²) in [7, 11) is 0. The standard InChI is InChI=1S/C20H29N5O3/c1-3-23(16-9-6-5-7-10-16)12-8-11-21-18(26)15-17-19-22-25(4-2)20(27)24(19)13-14-28-17/h5-7,9-10,17H,3-4,8,11-15H2,1-2H3,(H,21,26). The zero-order valence-electron chi connectivity index (χ0n) is 16.6. The number of fused-ring (bicyclic) bond motifs is 1. The highest BCUT2D eigenvalue weighted by Gasteiger charge is 2.28. The molecule has 1 aromatic carbocycles. The van der Waals surface area contributed by atoms with E-state index in [0.29, 0.717) is 32.1 Å². The number of carbonyl (C=O) groups is 1. The Hall–Kier alpha value is -2.61. The molecular formula is C20H29N5O3. The zero-order chi connectivity index (χ0) is 19.9. The molecule has 1 aromatic heterocycles. The van der Waals surface area contributed by atoms with Crippen molar-refractivity contribution in [1.29, 1.82) is 0 Å². The Bertz CT molecular complexity index is 830. The van der Waals surface area contributed by atoms with Gasteiger partial charge >= 0.3 is 5.69 Å². The van der Waals surface area contributed by atoms with Gasteiger partial charge in [-0.3, -0.25) is 9.36 Å². The van der Waals surface area contributed by atoms with E-state index in [1.807, 2.05) is 25.1 Å². The predicted molar refractivity (Wildman–Crippen MR) is 107 cm³/mol. The van der Waals surface area contributed by atoms with E-state index in [2.05, 4.69) is 34.4 Å². The van der Waals surface area contributed by atoms with Gasteiger partial charge in [-0.05, 0) is 32.4 Å². The van der Waals surface area contributed by atoms with Crippen LogP contribution >= 0.6 is 0 Å². The number of hydrogen-bond acceptors (Lipinski definition) is 5. The van der Waals surface area contributed by atoms with Gasteiger partial charge in [-0.2, -0.15) is 5.10 Å². The second-order valence-corrected chi connectivity index (χ2v) is 6.79. The van der Waals surface area contributed by atoms with E-state index in [-0.39, 0.29) is 18.0 Å². The summed E-state index contributed by atoms with van der Waals surface area (Å²) in [6.45, 7) is 7.81. The summed E-state index contributed by atoms with van der Waals surface area (Å²) in [6.07, 6.45) is 0.566. The lowest BCUT2D eigenvalue weighted by atomic mass is 10.2. The number of benzene rings is 1. The summed E-state index contributed by atoms with van der Waals surface area (Å²) in [5, 5.41) is 7.28. The van der Waals surface area contributed by atoms with E-state index >= 15 is 0 Å². The average molecular weight is 387 g/mol. The van der Waals surface area contributed by atoms with Gasteiger partial charge in [-0.25, -0.2) is 9.48 Å². The molecule has 0 aliphatic carbocycles. The van der Waals surface area contributed by atoms with Crippen LogP contribution in [0.25, 0.3) is 0 Å². The molecule has 0 saturated carbocycles. The number of ether oxygens (including phenoxy) is 1. The fourth-order valence-corrected chi connectivity index (χ4v) is 3.47. The average Bonchev–Trinajstić information content (AvgIpc) is 3.06. The molecule has 0 saturated heterocycles. The molecule has 2 aromatic rings. The minimum absolute atomic E-state index is 0.0836. The van der Waals surface area contributed by atoms with Crippen molar-refractivity contribution in [2.75, 3.05) is 31.1 Å². The van der Waals surface area contributed by atoms with Crippen LogP contribution < -0.4 is 15.9 Å². The van der Waals surface area contributed by atoms with Crippen LogP contribution in [0.15, 0.2) is 35.1 Å². The summed E-state index contributed by atoms with van der Waals surface area (Å²) in [4.78, 5) is 26.8. The molecule has 152 valence electrons. The third-order valence-corrected chi connectivity index (χ3v) is 4.97. The normalized spacial score (nSPS) is 15.9. The number of aromatic nitrogens is 3. The molecule has 8 heteroatoms. The lowest BCUT2D eigenvalue weighted by molar-refractivity contribution is -0.125. The second-order valence-electron chi connectivity index (χ2n) is 6.79. The molecule has 0 radical (unpaired) electrons. The molecule has 1 aliphatic heterocycles. The summed E-state index contributed by atoms with van der Waals surface area (Å²) in [5.74, 6) is 0.467. The number of rotatable bonds is 9. The van der Waals surface area contributed by atoms with Crippen molar-refractivity contribution in [3.8, 4) is 0 Å². The maximum atomic E-state index is 12.3. The summed E-state index contributed by atoms with van der Waals surface area (Å²) in [6, 6.07) is 10.3. The minimum atomic E-state index is -0.467. The number of hydrogen-bond donors (Lipinski definition) is 1. The van der Waals surface area contributed by atoms with Gasteiger partial charge in [-0.15, -0.1) is 0 Å². The summed E-state index contributed by atoms with van der Waals surface area (Å²) < 4.78 is 8.73. The lowest BCUT2D eigenvalue weighted by Crippen LogP contribution is -2.34. The first-order valence-corrected chi connectivity index (χ1v) is 9.99. The fraction of sp³-hybridized carbons (Fsp3) is 0.550. The second kappa shape index (κ2) is 9.54. The molecule has 1 amide bonds. The van der Waals surface area contributed by atoms with Crippen molar-refractivity contribution < 1.29 is 9.53 Å². The molecule has 3 rings (SSSR count). The van der Waals surface area contributed by atoms with Crippen molar-refractivity contribution in [1.82, 2.24) is 19.7 Å². The minimum Gasteiger partial charge on any atom is -0.372 e. The fourth-order valence-electron chi connectivity index (χ4n) is 3.47. The summed E-state index contributed by atoms with van der Waals surface area (Å²) >= 11 is 0. The highest BCUT2D eigenvalue weighted by molar-refractivity contribution is 5.76. The maximum Gasteiger partial charge on any atom is 0.346 e. The Morgan fingerprint density at radius 1 is 1.32 bits per heavy atom. The lowest BCUT2D eigenvalue weighted by Gasteiger charge is -2.24. The van der Waals surface area contributed by atoms with Crippen LogP contribution in [0.1, 0.15) is 38.6 Å². The number of nitrogens with one attached hydrogen (secondary N) is 1. The first-order chi connectivity index (χ1) is 13.6. The number of aryl methyl sites for hydroxylation is 1. The van der Waals surface area contributed by atoms with Crippen molar-refractivity contribution >= 4 is 11.6 Å². The molecule has 1 unspecified atom stereocenters. The molecule has 28 heavy (non-hydrogen) atoms. The molecule has 0 spiro atoms. The molecular weight excluding hydrogens is 358 g/mol. The van der Waals surface area contributed by atoms with Crippen LogP contribution in [0.3, 0.4) is 0 Å². The monoisotopic (exact) mass is 387 g/mol. The van der Waals surface area contributed by atoms with Gasteiger partial charge in [0.2, 0.25) is 5.91 Å². The third-order valence-electron chi connectivity index (χ3n) is 4.97.